The molecule has 0 aliphatic heterocycles. The van der Waals surface area contributed by atoms with Crippen LogP contribution in [0.2, 0.25) is 5.02 Å². The van der Waals surface area contributed by atoms with Gasteiger partial charge in [0.1, 0.15) is 0 Å². The Balaban J connectivity index is 2.71. The van der Waals surface area contributed by atoms with Crippen molar-refractivity contribution in [2.45, 2.75) is 39.8 Å². The van der Waals surface area contributed by atoms with Crippen molar-refractivity contribution in [3.63, 3.8) is 0 Å². The Morgan fingerprint density at radius 2 is 2.06 bits per heavy atom. The van der Waals surface area contributed by atoms with Crippen LogP contribution in [0.3, 0.4) is 0 Å². The zero-order chi connectivity index (χ0) is 12.8. The van der Waals surface area contributed by atoms with Crippen molar-refractivity contribution in [1.29, 1.82) is 0 Å². The zero-order valence-electron chi connectivity index (χ0n) is 10.8. The highest BCUT2D eigenvalue weighted by molar-refractivity contribution is 9.09. The largest absolute Gasteiger partial charge is 0.297 e. The topological polar surface area (TPSA) is 3.24 Å². The molecule has 0 N–H and O–H groups in total. The Morgan fingerprint density at radius 3 is 2.59 bits per heavy atom. The van der Waals surface area contributed by atoms with Gasteiger partial charge in [0.2, 0.25) is 0 Å². The van der Waals surface area contributed by atoms with E-state index >= 15 is 0 Å². The van der Waals surface area contributed by atoms with Crippen LogP contribution in [0.4, 0.5) is 0 Å². The van der Waals surface area contributed by atoms with Crippen LogP contribution >= 0.6 is 27.5 Å². The van der Waals surface area contributed by atoms with Crippen LogP contribution in [0, 0.1) is 6.92 Å². The van der Waals surface area contributed by atoms with Gasteiger partial charge in [0.05, 0.1) is 0 Å². The minimum atomic E-state index is 0.548. The lowest BCUT2D eigenvalue weighted by Gasteiger charge is -2.26. The van der Waals surface area contributed by atoms with Crippen LogP contribution in [0.5, 0.6) is 0 Å². The number of hydrogen-bond donors (Lipinski definition) is 0. The van der Waals surface area contributed by atoms with E-state index in [1.807, 2.05) is 6.07 Å². The first-order chi connectivity index (χ1) is 8.04. The van der Waals surface area contributed by atoms with Crippen LogP contribution in [0.15, 0.2) is 18.2 Å². The van der Waals surface area contributed by atoms with Gasteiger partial charge in [0, 0.05) is 22.9 Å². The van der Waals surface area contributed by atoms with Gasteiger partial charge in [0.25, 0.3) is 0 Å². The number of halogens is 2. The van der Waals surface area contributed by atoms with E-state index < -0.39 is 0 Å². The summed E-state index contributed by atoms with van der Waals surface area (Å²) < 4.78 is 0. The van der Waals surface area contributed by atoms with Gasteiger partial charge in [0.15, 0.2) is 0 Å². The highest BCUT2D eigenvalue weighted by Gasteiger charge is 2.11. The third-order valence-electron chi connectivity index (χ3n) is 2.89. The van der Waals surface area contributed by atoms with E-state index in [-0.39, 0.29) is 0 Å². The summed E-state index contributed by atoms with van der Waals surface area (Å²) in [5, 5.41) is 1.94. The highest BCUT2D eigenvalue weighted by atomic mass is 79.9. The second kappa shape index (κ2) is 7.40. The molecule has 0 saturated heterocycles. The van der Waals surface area contributed by atoms with E-state index in [9.17, 15) is 0 Å². The fraction of sp³-hybridized carbons (Fsp3) is 0.571. The molecule has 1 aromatic carbocycles. The molecule has 0 aromatic heterocycles. The zero-order valence-corrected chi connectivity index (χ0v) is 13.2. The van der Waals surface area contributed by atoms with Gasteiger partial charge in [-0.25, -0.2) is 0 Å². The van der Waals surface area contributed by atoms with E-state index in [1.54, 1.807) is 0 Å². The maximum Gasteiger partial charge on any atom is 0.0453 e. The van der Waals surface area contributed by atoms with E-state index in [2.05, 4.69) is 53.7 Å². The van der Waals surface area contributed by atoms with Crippen LogP contribution < -0.4 is 0 Å². The standard InChI is InChI=1S/C14H21BrClN/c1-11(2)17(8-4-7-15)10-13-6-5-12(3)9-14(13)16/h5-6,9,11H,4,7-8,10H2,1-3H3. The molecule has 1 rings (SSSR count). The minimum absolute atomic E-state index is 0.548. The maximum atomic E-state index is 6.28. The molecule has 0 amide bonds. The Kier molecular flexibility index (Phi) is 6.53. The van der Waals surface area contributed by atoms with Crippen LogP contribution in [-0.2, 0) is 6.54 Å². The number of nitrogens with zero attached hydrogens (tertiary/aromatic N) is 1. The summed E-state index contributed by atoms with van der Waals surface area (Å²) in [5.41, 5.74) is 2.44. The average molecular weight is 319 g/mol. The summed E-state index contributed by atoms with van der Waals surface area (Å²) in [6.45, 7) is 8.57. The quantitative estimate of drug-likeness (QED) is 0.690. The van der Waals surface area contributed by atoms with Crippen LogP contribution in [0.25, 0.3) is 0 Å². The number of hydrogen-bond acceptors (Lipinski definition) is 1. The van der Waals surface area contributed by atoms with Gasteiger partial charge >= 0.3 is 0 Å². The molecule has 0 radical (unpaired) electrons. The first-order valence-electron chi connectivity index (χ1n) is 6.09. The van der Waals surface area contributed by atoms with E-state index in [1.165, 1.54) is 17.5 Å². The normalized spacial score (nSPS) is 11.5. The van der Waals surface area contributed by atoms with Gasteiger partial charge in [-0.2, -0.15) is 0 Å². The number of alkyl halides is 1. The fourth-order valence-electron chi connectivity index (χ4n) is 1.78. The Bertz CT molecular complexity index is 352. The van der Waals surface area contributed by atoms with Crippen molar-refractivity contribution in [3.8, 4) is 0 Å². The molecule has 17 heavy (non-hydrogen) atoms. The number of rotatable bonds is 6. The summed E-state index contributed by atoms with van der Waals surface area (Å²) in [4.78, 5) is 2.46. The molecule has 96 valence electrons. The van der Waals surface area contributed by atoms with Crippen LogP contribution in [0.1, 0.15) is 31.4 Å². The fourth-order valence-corrected chi connectivity index (χ4v) is 2.33. The lowest BCUT2D eigenvalue weighted by molar-refractivity contribution is 0.214. The molecule has 1 aromatic rings. The lowest BCUT2D eigenvalue weighted by atomic mass is 10.1. The van der Waals surface area contributed by atoms with Crippen molar-refractivity contribution < 1.29 is 0 Å². The monoisotopic (exact) mass is 317 g/mol. The minimum Gasteiger partial charge on any atom is -0.297 e. The van der Waals surface area contributed by atoms with E-state index in [4.69, 9.17) is 11.6 Å². The van der Waals surface area contributed by atoms with Crippen LogP contribution in [-0.4, -0.2) is 22.8 Å². The molecule has 0 fully saturated rings. The first kappa shape index (κ1) is 15.0. The van der Waals surface area contributed by atoms with Crippen molar-refractivity contribution in [3.05, 3.63) is 34.3 Å². The van der Waals surface area contributed by atoms with E-state index in [0.717, 1.165) is 23.4 Å². The molecular formula is C14H21BrClN. The summed E-state index contributed by atoms with van der Waals surface area (Å²) in [5.74, 6) is 0. The van der Waals surface area contributed by atoms with E-state index in [0.29, 0.717) is 6.04 Å². The van der Waals surface area contributed by atoms with Crippen molar-refractivity contribution in [2.75, 3.05) is 11.9 Å². The maximum absolute atomic E-state index is 6.28. The molecule has 0 aliphatic carbocycles. The SMILES string of the molecule is Cc1ccc(CN(CCCBr)C(C)C)c(Cl)c1. The Morgan fingerprint density at radius 1 is 1.35 bits per heavy atom. The molecule has 0 spiro atoms. The average Bonchev–Trinajstić information content (AvgIpc) is 2.26. The summed E-state index contributed by atoms with van der Waals surface area (Å²) in [6, 6.07) is 6.86. The number of aryl methyl sites for hydroxylation is 1. The molecule has 1 nitrogen and oxygen atoms in total. The van der Waals surface area contributed by atoms with Gasteiger partial charge in [-0.15, -0.1) is 0 Å². The number of benzene rings is 1. The third kappa shape index (κ3) is 4.99. The summed E-state index contributed by atoms with van der Waals surface area (Å²) in [7, 11) is 0. The molecular weight excluding hydrogens is 298 g/mol. The predicted molar refractivity (Wildman–Crippen MR) is 80.1 cm³/mol. The van der Waals surface area contributed by atoms with Gasteiger partial charge in [-0.1, -0.05) is 39.7 Å². The highest BCUT2D eigenvalue weighted by Crippen LogP contribution is 2.20. The molecule has 0 bridgehead atoms. The Labute approximate surface area is 118 Å². The lowest BCUT2D eigenvalue weighted by Crippen LogP contribution is -2.31. The van der Waals surface area contributed by atoms with Gasteiger partial charge < -0.3 is 0 Å². The summed E-state index contributed by atoms with van der Waals surface area (Å²) >= 11 is 9.76. The summed E-state index contributed by atoms with van der Waals surface area (Å²) in [6.07, 6.45) is 1.17. The molecule has 0 aliphatic rings. The first-order valence-corrected chi connectivity index (χ1v) is 7.59. The molecule has 0 atom stereocenters. The molecule has 0 saturated carbocycles. The second-order valence-corrected chi connectivity index (χ2v) is 5.90. The van der Waals surface area contributed by atoms with Gasteiger partial charge in [-0.05, 0) is 50.9 Å². The smallest absolute Gasteiger partial charge is 0.0453 e. The molecule has 0 heterocycles. The van der Waals surface area contributed by atoms with Crippen molar-refractivity contribution >= 4 is 27.5 Å². The third-order valence-corrected chi connectivity index (χ3v) is 3.80. The molecule has 0 unspecified atom stereocenters. The van der Waals surface area contributed by atoms with Gasteiger partial charge in [-0.3, -0.25) is 4.90 Å². The van der Waals surface area contributed by atoms with Crippen molar-refractivity contribution in [1.82, 2.24) is 4.90 Å². The predicted octanol–water partition coefficient (Wildman–Crippen LogP) is 4.64. The van der Waals surface area contributed by atoms with Crippen molar-refractivity contribution in [2.24, 2.45) is 0 Å². The second-order valence-electron chi connectivity index (χ2n) is 4.70. The molecule has 3 heteroatoms. The Hall–Kier alpha value is -0.0500.